The van der Waals surface area contributed by atoms with Crippen LogP contribution in [-0.4, -0.2) is 45.4 Å². The number of aromatic nitrogens is 3. The number of hydrogen-bond donors (Lipinski definition) is 1. The van der Waals surface area contributed by atoms with Crippen LogP contribution in [0.4, 0.5) is 4.39 Å². The molecule has 1 aromatic heterocycles. The topological polar surface area (TPSA) is 63.1 Å². The Morgan fingerprint density at radius 3 is 2.68 bits per heavy atom. The van der Waals surface area contributed by atoms with Crippen molar-refractivity contribution in [3.05, 3.63) is 47.5 Å². The van der Waals surface area contributed by atoms with Crippen molar-refractivity contribution in [1.29, 1.82) is 0 Å². The number of nitrogens with one attached hydrogen (secondary N) is 1. The van der Waals surface area contributed by atoms with Gasteiger partial charge in [-0.1, -0.05) is 17.3 Å². The highest BCUT2D eigenvalue weighted by Crippen LogP contribution is 2.23. The Kier molecular flexibility index (Phi) is 5.43. The zero-order chi connectivity index (χ0) is 17.8. The second-order valence-corrected chi connectivity index (χ2v) is 6.38. The highest BCUT2D eigenvalue weighted by molar-refractivity contribution is 5.92. The Morgan fingerprint density at radius 2 is 2.04 bits per heavy atom. The molecular formula is C18H24FN5O. The fourth-order valence-electron chi connectivity index (χ4n) is 3.29. The van der Waals surface area contributed by atoms with E-state index in [9.17, 15) is 9.18 Å². The van der Waals surface area contributed by atoms with E-state index in [4.69, 9.17) is 0 Å². The molecule has 0 unspecified atom stereocenters. The Labute approximate surface area is 147 Å². The molecule has 1 saturated heterocycles. The third kappa shape index (κ3) is 3.87. The van der Waals surface area contributed by atoms with E-state index >= 15 is 0 Å². The Bertz CT molecular complexity index is 709. The fourth-order valence-corrected chi connectivity index (χ4v) is 3.29. The maximum atomic E-state index is 13.1. The van der Waals surface area contributed by atoms with Crippen molar-refractivity contribution in [3.8, 4) is 0 Å². The van der Waals surface area contributed by atoms with Crippen LogP contribution in [-0.2, 0) is 0 Å². The van der Waals surface area contributed by atoms with Gasteiger partial charge in [0.2, 0.25) is 0 Å². The smallest absolute Gasteiger partial charge is 0.276 e. The van der Waals surface area contributed by atoms with Gasteiger partial charge in [-0.2, -0.15) is 0 Å². The highest BCUT2D eigenvalue weighted by Gasteiger charge is 2.25. The molecule has 3 rings (SSSR count). The zero-order valence-corrected chi connectivity index (χ0v) is 14.7. The number of carbonyl (C=O) groups is 1. The summed E-state index contributed by atoms with van der Waals surface area (Å²) in [5.74, 6) is -0.435. The van der Waals surface area contributed by atoms with Crippen molar-refractivity contribution in [3.63, 3.8) is 0 Å². The molecule has 1 aliphatic rings. The van der Waals surface area contributed by atoms with Crippen LogP contribution in [0.2, 0.25) is 0 Å². The summed E-state index contributed by atoms with van der Waals surface area (Å²) >= 11 is 0. The summed E-state index contributed by atoms with van der Waals surface area (Å²) in [5.41, 5.74) is 1.25. The van der Waals surface area contributed by atoms with E-state index in [-0.39, 0.29) is 17.8 Å². The Hall–Kier alpha value is -2.28. The normalized spacial score (nSPS) is 16.6. The summed E-state index contributed by atoms with van der Waals surface area (Å²) < 4.78 is 14.9. The van der Waals surface area contributed by atoms with Gasteiger partial charge in [0.25, 0.3) is 5.91 Å². The van der Waals surface area contributed by atoms with E-state index in [1.807, 2.05) is 18.5 Å². The van der Waals surface area contributed by atoms with Crippen LogP contribution in [0.1, 0.15) is 54.8 Å². The third-order valence-corrected chi connectivity index (χ3v) is 4.83. The van der Waals surface area contributed by atoms with Gasteiger partial charge in [-0.3, -0.25) is 4.79 Å². The minimum atomic E-state index is -0.282. The molecule has 1 atom stereocenters. The van der Waals surface area contributed by atoms with Gasteiger partial charge in [-0.25, -0.2) is 9.07 Å². The Morgan fingerprint density at radius 1 is 1.36 bits per heavy atom. The largest absolute Gasteiger partial charge is 0.331 e. The molecule has 7 heteroatoms. The minimum Gasteiger partial charge on any atom is -0.331 e. The average Bonchev–Trinajstić information content (AvgIpc) is 3.13. The average molecular weight is 345 g/mol. The van der Waals surface area contributed by atoms with Crippen LogP contribution in [0.5, 0.6) is 0 Å². The van der Waals surface area contributed by atoms with Gasteiger partial charge >= 0.3 is 0 Å². The molecule has 0 radical (unpaired) electrons. The predicted molar refractivity (Wildman–Crippen MR) is 92.7 cm³/mol. The van der Waals surface area contributed by atoms with Crippen molar-refractivity contribution >= 4 is 5.91 Å². The third-order valence-electron chi connectivity index (χ3n) is 4.83. The first-order valence-electron chi connectivity index (χ1n) is 8.79. The molecule has 0 aliphatic carbocycles. The van der Waals surface area contributed by atoms with Crippen LogP contribution < -0.4 is 5.32 Å². The molecule has 2 aromatic rings. The highest BCUT2D eigenvalue weighted by atomic mass is 19.1. The molecule has 1 aromatic carbocycles. The number of nitrogens with zero attached hydrogens (tertiary/aromatic N) is 4. The lowest BCUT2D eigenvalue weighted by Crippen LogP contribution is -2.33. The minimum absolute atomic E-state index is 0.153. The van der Waals surface area contributed by atoms with E-state index in [0.29, 0.717) is 18.3 Å². The molecule has 1 fully saturated rings. The van der Waals surface area contributed by atoms with Crippen LogP contribution >= 0.6 is 0 Å². The quantitative estimate of drug-likeness (QED) is 0.905. The molecule has 0 saturated carbocycles. The standard InChI is InChI=1S/C18H24FN5O/c1-3-23(13(2)14-4-6-15(19)7-5-14)18(25)17-12-24(22-21-17)16-8-10-20-11-9-16/h4-7,12-13,16,20H,3,8-11H2,1-2H3/t13-/m0/s1. The molecule has 134 valence electrons. The lowest BCUT2D eigenvalue weighted by molar-refractivity contribution is 0.0696. The van der Waals surface area contributed by atoms with Gasteiger partial charge in [0, 0.05) is 6.54 Å². The van der Waals surface area contributed by atoms with E-state index in [0.717, 1.165) is 31.5 Å². The number of benzene rings is 1. The first-order chi connectivity index (χ1) is 12.1. The molecule has 1 aliphatic heterocycles. The lowest BCUT2D eigenvalue weighted by atomic mass is 10.1. The van der Waals surface area contributed by atoms with Crippen molar-refractivity contribution in [2.24, 2.45) is 0 Å². The first-order valence-corrected chi connectivity index (χ1v) is 8.79. The number of carbonyl (C=O) groups excluding carboxylic acids is 1. The second kappa shape index (κ2) is 7.74. The molecule has 1 N–H and O–H groups in total. The molecule has 0 bridgehead atoms. The number of rotatable bonds is 5. The maximum Gasteiger partial charge on any atom is 0.276 e. The second-order valence-electron chi connectivity index (χ2n) is 6.38. The van der Waals surface area contributed by atoms with Crippen molar-refractivity contribution in [1.82, 2.24) is 25.2 Å². The monoisotopic (exact) mass is 345 g/mol. The van der Waals surface area contributed by atoms with E-state index in [1.54, 1.807) is 23.2 Å². The van der Waals surface area contributed by atoms with Gasteiger partial charge in [0.1, 0.15) is 5.82 Å². The van der Waals surface area contributed by atoms with Gasteiger partial charge in [-0.15, -0.1) is 5.10 Å². The zero-order valence-electron chi connectivity index (χ0n) is 14.7. The van der Waals surface area contributed by atoms with Gasteiger partial charge in [-0.05, 0) is 57.5 Å². The van der Waals surface area contributed by atoms with Crippen LogP contribution in [0, 0.1) is 5.82 Å². The summed E-state index contributed by atoms with van der Waals surface area (Å²) in [5, 5.41) is 11.6. The number of hydrogen-bond acceptors (Lipinski definition) is 4. The van der Waals surface area contributed by atoms with Crippen molar-refractivity contribution in [2.45, 2.75) is 38.8 Å². The Balaban J connectivity index is 1.75. The number of piperidine rings is 1. The van der Waals surface area contributed by atoms with Crippen LogP contribution in [0.15, 0.2) is 30.5 Å². The molecule has 6 nitrogen and oxygen atoms in total. The van der Waals surface area contributed by atoms with Crippen LogP contribution in [0.3, 0.4) is 0 Å². The van der Waals surface area contributed by atoms with E-state index < -0.39 is 0 Å². The maximum absolute atomic E-state index is 13.1. The SMILES string of the molecule is CCN(C(=O)c1cn(C2CCNCC2)nn1)[C@@H](C)c1ccc(F)cc1. The first kappa shape index (κ1) is 17.5. The summed E-state index contributed by atoms with van der Waals surface area (Å²) in [6, 6.07) is 6.38. The molecule has 25 heavy (non-hydrogen) atoms. The molecular weight excluding hydrogens is 321 g/mol. The fraction of sp³-hybridized carbons (Fsp3) is 0.500. The summed E-state index contributed by atoms with van der Waals surface area (Å²) in [6.45, 7) is 6.31. The summed E-state index contributed by atoms with van der Waals surface area (Å²) in [7, 11) is 0. The predicted octanol–water partition coefficient (Wildman–Crippen LogP) is 2.57. The molecule has 1 amide bonds. The van der Waals surface area contributed by atoms with Gasteiger partial charge in [0.15, 0.2) is 5.69 Å². The van der Waals surface area contributed by atoms with Crippen molar-refractivity contribution in [2.75, 3.05) is 19.6 Å². The summed E-state index contributed by atoms with van der Waals surface area (Å²) in [4.78, 5) is 14.6. The lowest BCUT2D eigenvalue weighted by Gasteiger charge is -2.27. The van der Waals surface area contributed by atoms with E-state index in [1.165, 1.54) is 12.1 Å². The van der Waals surface area contributed by atoms with Crippen molar-refractivity contribution < 1.29 is 9.18 Å². The summed E-state index contributed by atoms with van der Waals surface area (Å²) in [6.07, 6.45) is 3.72. The number of halogens is 1. The van der Waals surface area contributed by atoms with Crippen LogP contribution in [0.25, 0.3) is 0 Å². The number of amides is 1. The van der Waals surface area contributed by atoms with E-state index in [2.05, 4.69) is 15.6 Å². The molecule has 2 heterocycles. The van der Waals surface area contributed by atoms with Gasteiger partial charge in [0.05, 0.1) is 18.3 Å². The van der Waals surface area contributed by atoms with Gasteiger partial charge < -0.3 is 10.2 Å². The molecule has 0 spiro atoms.